The van der Waals surface area contributed by atoms with Crippen LogP contribution in [-0.4, -0.2) is 21.1 Å². The lowest BCUT2D eigenvalue weighted by atomic mass is 10.2. The molecule has 27 heavy (non-hydrogen) atoms. The van der Waals surface area contributed by atoms with E-state index in [4.69, 9.17) is 4.98 Å². The van der Waals surface area contributed by atoms with Gasteiger partial charge in [-0.2, -0.15) is 0 Å². The van der Waals surface area contributed by atoms with Crippen LogP contribution in [0.3, 0.4) is 0 Å². The van der Waals surface area contributed by atoms with Gasteiger partial charge in [0.15, 0.2) is 10.9 Å². The summed E-state index contributed by atoms with van der Waals surface area (Å²) >= 11 is 9.20. The highest BCUT2D eigenvalue weighted by Gasteiger charge is 2.18. The Balaban J connectivity index is 1.69. The van der Waals surface area contributed by atoms with Gasteiger partial charge in [-0.1, -0.05) is 17.8 Å². The van der Waals surface area contributed by atoms with E-state index < -0.39 is 0 Å². The van der Waals surface area contributed by atoms with Gasteiger partial charge in [0.1, 0.15) is 4.83 Å². The number of thiophene rings is 3. The summed E-state index contributed by atoms with van der Waals surface area (Å²) in [6, 6.07) is 7.68. The van der Waals surface area contributed by atoms with Crippen LogP contribution in [0.5, 0.6) is 0 Å². The van der Waals surface area contributed by atoms with Gasteiger partial charge in [0.2, 0.25) is 0 Å². The average molecular weight is 497 g/mol. The molecule has 0 saturated heterocycles. The van der Waals surface area contributed by atoms with Gasteiger partial charge >= 0.3 is 0 Å². The van der Waals surface area contributed by atoms with E-state index in [2.05, 4.69) is 15.9 Å². The number of rotatable bonds is 6. The molecule has 0 aliphatic heterocycles. The first kappa shape index (κ1) is 19.1. The first-order valence-corrected chi connectivity index (χ1v) is 12.4. The van der Waals surface area contributed by atoms with Gasteiger partial charge in [-0.15, -0.1) is 34.0 Å². The zero-order valence-electron chi connectivity index (χ0n) is 14.1. The fourth-order valence-corrected chi connectivity index (χ4v) is 6.84. The molecule has 4 nitrogen and oxygen atoms in total. The van der Waals surface area contributed by atoms with Crippen LogP contribution in [0, 0.1) is 0 Å². The topological polar surface area (TPSA) is 52.0 Å². The second-order valence-electron chi connectivity index (χ2n) is 5.57. The van der Waals surface area contributed by atoms with E-state index in [0.717, 1.165) is 19.1 Å². The third kappa shape index (κ3) is 3.71. The third-order valence-electron chi connectivity index (χ3n) is 3.94. The summed E-state index contributed by atoms with van der Waals surface area (Å²) in [7, 11) is 0. The molecule has 0 unspecified atom stereocenters. The van der Waals surface area contributed by atoms with Crippen molar-refractivity contribution in [3.8, 4) is 10.4 Å². The van der Waals surface area contributed by atoms with Crippen molar-refractivity contribution in [2.24, 2.45) is 0 Å². The molecule has 0 bridgehead atoms. The molecule has 0 spiro atoms. The Morgan fingerprint density at radius 2 is 2.15 bits per heavy atom. The lowest BCUT2D eigenvalue weighted by Crippen LogP contribution is -2.22. The quantitative estimate of drug-likeness (QED) is 0.186. The molecule has 0 N–H and O–H groups in total. The van der Waals surface area contributed by atoms with Gasteiger partial charge in [-0.25, -0.2) is 4.98 Å². The second-order valence-corrected chi connectivity index (χ2v) is 10.8. The molecule has 0 amide bonds. The highest BCUT2D eigenvalue weighted by Crippen LogP contribution is 2.34. The van der Waals surface area contributed by atoms with Gasteiger partial charge in [-0.05, 0) is 46.4 Å². The van der Waals surface area contributed by atoms with Crippen LogP contribution in [-0.2, 0) is 6.54 Å². The van der Waals surface area contributed by atoms with Crippen molar-refractivity contribution >= 4 is 77.7 Å². The molecule has 4 aromatic rings. The van der Waals surface area contributed by atoms with E-state index in [1.165, 1.54) is 34.4 Å². The predicted octanol–water partition coefficient (Wildman–Crippen LogP) is 6.01. The Labute approximate surface area is 180 Å². The number of carbonyl (C=O) groups excluding carboxylic acids is 1. The highest BCUT2D eigenvalue weighted by molar-refractivity contribution is 9.11. The van der Waals surface area contributed by atoms with Crippen LogP contribution >= 0.6 is 61.7 Å². The second kappa shape index (κ2) is 8.00. The van der Waals surface area contributed by atoms with E-state index in [-0.39, 0.29) is 17.1 Å². The maximum Gasteiger partial charge on any atom is 0.263 e. The molecule has 0 aliphatic carbocycles. The lowest BCUT2D eigenvalue weighted by Gasteiger charge is -2.09. The smallest absolute Gasteiger partial charge is 0.263 e. The van der Waals surface area contributed by atoms with Crippen molar-refractivity contribution in [3.63, 3.8) is 0 Å². The van der Waals surface area contributed by atoms with Crippen molar-refractivity contribution in [1.82, 2.24) is 9.55 Å². The molecule has 4 heterocycles. The number of fused-ring (bicyclic) bond motifs is 1. The molecule has 0 saturated carbocycles. The number of thioether (sulfide) groups is 1. The van der Waals surface area contributed by atoms with Gasteiger partial charge in [0, 0.05) is 22.4 Å². The Morgan fingerprint density at radius 3 is 2.81 bits per heavy atom. The lowest BCUT2D eigenvalue weighted by molar-refractivity contribution is 0.102. The highest BCUT2D eigenvalue weighted by atomic mass is 79.9. The molecule has 4 rings (SSSR count). The Kier molecular flexibility index (Phi) is 5.65. The minimum absolute atomic E-state index is 0.0400. The van der Waals surface area contributed by atoms with Crippen LogP contribution in [0.25, 0.3) is 20.7 Å². The fourth-order valence-electron chi connectivity index (χ4n) is 2.67. The standard InChI is InChI=1S/C18H13BrN2O2S4/c1-2-21-17(23)15-10(12-4-3-7-24-12)8-25-16(15)20-18(21)26-9-11(22)13-5-6-14(19)27-13/h3-8H,2,9H2,1H3. The van der Waals surface area contributed by atoms with E-state index in [9.17, 15) is 9.59 Å². The van der Waals surface area contributed by atoms with Crippen LogP contribution in [0.1, 0.15) is 16.6 Å². The SMILES string of the molecule is CCn1c(SCC(=O)c2ccc(Br)s2)nc2scc(-c3cccs3)c2c1=O. The van der Waals surface area contributed by atoms with Crippen molar-refractivity contribution in [3.05, 3.63) is 54.0 Å². The first-order valence-electron chi connectivity index (χ1n) is 8.05. The Hall–Kier alpha value is -1.26. The first-order chi connectivity index (χ1) is 13.1. The molecular formula is C18H13BrN2O2S4. The number of carbonyl (C=O) groups is 1. The summed E-state index contributed by atoms with van der Waals surface area (Å²) in [5.41, 5.74) is 0.904. The molecule has 9 heteroatoms. The van der Waals surface area contributed by atoms with Gasteiger partial charge < -0.3 is 0 Å². The minimum Gasteiger partial charge on any atom is -0.292 e. The third-order valence-corrected chi connectivity index (χ3v) is 8.36. The minimum atomic E-state index is -0.0408. The molecule has 0 radical (unpaired) electrons. The zero-order chi connectivity index (χ0) is 19.0. The molecule has 0 aromatic carbocycles. The summed E-state index contributed by atoms with van der Waals surface area (Å²) in [6.45, 7) is 2.44. The van der Waals surface area contributed by atoms with Gasteiger partial charge in [0.05, 0.1) is 19.8 Å². The van der Waals surface area contributed by atoms with E-state index in [1.54, 1.807) is 15.9 Å². The van der Waals surface area contributed by atoms with Crippen molar-refractivity contribution in [2.45, 2.75) is 18.6 Å². The summed E-state index contributed by atoms with van der Waals surface area (Å²) in [4.78, 5) is 32.7. The molecule has 138 valence electrons. The molecule has 0 fully saturated rings. The van der Waals surface area contributed by atoms with Crippen LogP contribution in [0.4, 0.5) is 0 Å². The molecular weight excluding hydrogens is 484 g/mol. The maximum atomic E-state index is 13.1. The zero-order valence-corrected chi connectivity index (χ0v) is 19.0. The van der Waals surface area contributed by atoms with E-state index >= 15 is 0 Å². The van der Waals surface area contributed by atoms with E-state index in [0.29, 0.717) is 22.0 Å². The summed E-state index contributed by atoms with van der Waals surface area (Å²) in [6.07, 6.45) is 0. The van der Waals surface area contributed by atoms with Crippen molar-refractivity contribution in [2.75, 3.05) is 5.75 Å². The molecule has 4 aromatic heterocycles. The summed E-state index contributed by atoms with van der Waals surface area (Å²) in [5, 5.41) is 5.26. The number of hydrogen-bond donors (Lipinski definition) is 0. The van der Waals surface area contributed by atoms with Crippen LogP contribution < -0.4 is 5.56 Å². The van der Waals surface area contributed by atoms with Crippen molar-refractivity contribution < 1.29 is 4.79 Å². The maximum absolute atomic E-state index is 13.1. The normalized spacial score (nSPS) is 11.3. The molecule has 0 aliphatic rings. The number of hydrogen-bond acceptors (Lipinski definition) is 7. The fraction of sp³-hybridized carbons (Fsp3) is 0.167. The number of Topliss-reactive ketones (excluding diaryl/α,β-unsaturated/α-hetero) is 1. The van der Waals surface area contributed by atoms with Crippen LogP contribution in [0.15, 0.2) is 48.8 Å². The number of aromatic nitrogens is 2. The molecule has 0 atom stereocenters. The number of halogens is 1. The Morgan fingerprint density at radius 1 is 1.30 bits per heavy atom. The van der Waals surface area contributed by atoms with E-state index in [1.807, 2.05) is 41.9 Å². The summed E-state index contributed by atoms with van der Waals surface area (Å²) < 4.78 is 2.59. The number of nitrogens with zero attached hydrogens (tertiary/aromatic N) is 2. The van der Waals surface area contributed by atoms with Crippen molar-refractivity contribution in [1.29, 1.82) is 0 Å². The average Bonchev–Trinajstić information content (AvgIpc) is 3.39. The summed E-state index contributed by atoms with van der Waals surface area (Å²) in [5.74, 6) is 0.298. The number of ketones is 1. The van der Waals surface area contributed by atoms with Crippen LogP contribution in [0.2, 0.25) is 0 Å². The Bertz CT molecular complexity index is 1170. The largest absolute Gasteiger partial charge is 0.292 e. The van der Waals surface area contributed by atoms with Gasteiger partial charge in [0.25, 0.3) is 5.56 Å². The monoisotopic (exact) mass is 496 g/mol. The predicted molar refractivity (Wildman–Crippen MR) is 120 cm³/mol. The van der Waals surface area contributed by atoms with Gasteiger partial charge in [-0.3, -0.25) is 14.2 Å².